The van der Waals surface area contributed by atoms with Crippen molar-refractivity contribution < 1.29 is 4.39 Å². The highest BCUT2D eigenvalue weighted by atomic mass is 19.1. The van der Waals surface area contributed by atoms with Crippen LogP contribution in [-0.4, -0.2) is 25.0 Å². The summed E-state index contributed by atoms with van der Waals surface area (Å²) in [6.07, 6.45) is 2.25. The topological polar surface area (TPSA) is 29.3 Å². The molecule has 0 aliphatic carbocycles. The smallest absolute Gasteiger partial charge is 0.127 e. The molecule has 0 bridgehead atoms. The second-order valence-corrected chi connectivity index (χ2v) is 4.81. The minimum Gasteiger partial charge on any atom is -0.330 e. The van der Waals surface area contributed by atoms with Gasteiger partial charge in [0.25, 0.3) is 0 Å². The summed E-state index contributed by atoms with van der Waals surface area (Å²) < 4.78 is 13.4. The maximum atomic E-state index is 13.4. The minimum atomic E-state index is -0.116. The van der Waals surface area contributed by atoms with Gasteiger partial charge in [0.2, 0.25) is 0 Å². The van der Waals surface area contributed by atoms with E-state index < -0.39 is 0 Å². The zero-order valence-corrected chi connectivity index (χ0v) is 10.8. The molecule has 0 spiro atoms. The van der Waals surface area contributed by atoms with E-state index in [4.69, 9.17) is 5.73 Å². The van der Waals surface area contributed by atoms with Crippen molar-refractivity contribution in [1.29, 1.82) is 0 Å². The van der Waals surface area contributed by atoms with Crippen LogP contribution in [0.15, 0.2) is 24.3 Å². The maximum absolute atomic E-state index is 13.4. The van der Waals surface area contributed by atoms with Gasteiger partial charge in [-0.15, -0.1) is 0 Å². The third kappa shape index (κ3) is 5.29. The third-order valence-electron chi connectivity index (χ3n) is 3.04. The SMILES string of the molecule is CC(CN)CCCN(C)Cc1ccccc1F. The lowest BCUT2D eigenvalue weighted by atomic mass is 10.1. The molecule has 0 saturated carbocycles. The van der Waals surface area contributed by atoms with Gasteiger partial charge in [0.1, 0.15) is 5.82 Å². The average Bonchev–Trinajstić information content (AvgIpc) is 2.32. The summed E-state index contributed by atoms with van der Waals surface area (Å²) in [6, 6.07) is 6.96. The van der Waals surface area contributed by atoms with Crippen molar-refractivity contribution in [2.24, 2.45) is 11.7 Å². The van der Waals surface area contributed by atoms with Crippen LogP contribution in [0.4, 0.5) is 4.39 Å². The van der Waals surface area contributed by atoms with E-state index in [1.165, 1.54) is 6.07 Å². The Labute approximate surface area is 104 Å². The van der Waals surface area contributed by atoms with Crippen LogP contribution in [0.5, 0.6) is 0 Å². The van der Waals surface area contributed by atoms with Gasteiger partial charge in [-0.05, 0) is 45.0 Å². The first kappa shape index (κ1) is 14.1. The quantitative estimate of drug-likeness (QED) is 0.791. The summed E-state index contributed by atoms with van der Waals surface area (Å²) in [6.45, 7) is 4.57. The zero-order chi connectivity index (χ0) is 12.7. The molecule has 2 N–H and O–H groups in total. The standard InChI is InChI=1S/C14H23FN2/c1-12(10-16)6-5-9-17(2)11-13-7-3-4-8-14(13)15/h3-4,7-8,12H,5-6,9-11,16H2,1-2H3. The molecule has 0 aliphatic rings. The molecule has 1 aromatic rings. The maximum Gasteiger partial charge on any atom is 0.127 e. The zero-order valence-electron chi connectivity index (χ0n) is 10.8. The van der Waals surface area contributed by atoms with E-state index in [0.717, 1.165) is 31.5 Å². The molecule has 3 heteroatoms. The fraction of sp³-hybridized carbons (Fsp3) is 0.571. The van der Waals surface area contributed by atoms with Crippen LogP contribution >= 0.6 is 0 Å². The lowest BCUT2D eigenvalue weighted by Gasteiger charge is -2.18. The number of hydrogen-bond acceptors (Lipinski definition) is 2. The normalized spacial score (nSPS) is 13.0. The Balaban J connectivity index is 2.30. The van der Waals surface area contributed by atoms with Crippen LogP contribution < -0.4 is 5.73 Å². The molecule has 1 rings (SSSR count). The fourth-order valence-electron chi connectivity index (χ4n) is 1.82. The van der Waals surface area contributed by atoms with E-state index in [0.29, 0.717) is 12.5 Å². The Morgan fingerprint density at radius 2 is 2.06 bits per heavy atom. The van der Waals surface area contributed by atoms with Gasteiger partial charge in [0, 0.05) is 12.1 Å². The summed E-state index contributed by atoms with van der Waals surface area (Å²) in [5.74, 6) is 0.464. The van der Waals surface area contributed by atoms with Gasteiger partial charge in [0.05, 0.1) is 0 Å². The number of hydrogen-bond donors (Lipinski definition) is 1. The Bertz CT molecular complexity index is 328. The van der Waals surface area contributed by atoms with Crippen molar-refractivity contribution in [2.75, 3.05) is 20.1 Å². The summed E-state index contributed by atoms with van der Waals surface area (Å²) in [5.41, 5.74) is 6.33. The summed E-state index contributed by atoms with van der Waals surface area (Å²) in [7, 11) is 2.03. The number of nitrogens with two attached hydrogens (primary N) is 1. The first-order valence-corrected chi connectivity index (χ1v) is 6.25. The van der Waals surface area contributed by atoms with Gasteiger partial charge in [-0.2, -0.15) is 0 Å². The first-order valence-electron chi connectivity index (χ1n) is 6.25. The minimum absolute atomic E-state index is 0.116. The van der Waals surface area contributed by atoms with E-state index in [-0.39, 0.29) is 5.82 Å². The average molecular weight is 238 g/mol. The van der Waals surface area contributed by atoms with Crippen molar-refractivity contribution >= 4 is 0 Å². The Kier molecular flexibility index (Phi) is 6.16. The molecule has 0 saturated heterocycles. The number of nitrogens with zero attached hydrogens (tertiary/aromatic N) is 1. The lowest BCUT2D eigenvalue weighted by molar-refractivity contribution is 0.304. The van der Waals surface area contributed by atoms with Gasteiger partial charge >= 0.3 is 0 Å². The van der Waals surface area contributed by atoms with Crippen molar-refractivity contribution in [3.05, 3.63) is 35.6 Å². The molecule has 1 aromatic carbocycles. The molecule has 2 nitrogen and oxygen atoms in total. The molecule has 96 valence electrons. The van der Waals surface area contributed by atoms with Crippen LogP contribution in [0.2, 0.25) is 0 Å². The number of benzene rings is 1. The van der Waals surface area contributed by atoms with Gasteiger partial charge in [0.15, 0.2) is 0 Å². The van der Waals surface area contributed by atoms with Gasteiger partial charge < -0.3 is 10.6 Å². The molecule has 0 heterocycles. The van der Waals surface area contributed by atoms with Crippen LogP contribution in [0.25, 0.3) is 0 Å². The molecule has 1 unspecified atom stereocenters. The molecular weight excluding hydrogens is 215 g/mol. The van der Waals surface area contributed by atoms with E-state index in [2.05, 4.69) is 11.8 Å². The molecule has 0 aliphatic heterocycles. The number of rotatable bonds is 7. The van der Waals surface area contributed by atoms with E-state index in [1.807, 2.05) is 19.2 Å². The molecule has 0 fully saturated rings. The summed E-state index contributed by atoms with van der Waals surface area (Å²) >= 11 is 0. The Morgan fingerprint density at radius 3 is 2.71 bits per heavy atom. The van der Waals surface area contributed by atoms with E-state index in [9.17, 15) is 4.39 Å². The van der Waals surface area contributed by atoms with Crippen LogP contribution in [0.3, 0.4) is 0 Å². The van der Waals surface area contributed by atoms with Crippen molar-refractivity contribution in [1.82, 2.24) is 4.90 Å². The Morgan fingerprint density at radius 1 is 1.35 bits per heavy atom. The highest BCUT2D eigenvalue weighted by molar-refractivity contribution is 5.16. The summed E-state index contributed by atoms with van der Waals surface area (Å²) in [5, 5.41) is 0. The van der Waals surface area contributed by atoms with Crippen molar-refractivity contribution in [2.45, 2.75) is 26.3 Å². The predicted octanol–water partition coefficient (Wildman–Crippen LogP) is 2.63. The summed E-state index contributed by atoms with van der Waals surface area (Å²) in [4.78, 5) is 2.15. The van der Waals surface area contributed by atoms with Gasteiger partial charge in [-0.3, -0.25) is 0 Å². The molecule has 0 radical (unpaired) electrons. The van der Waals surface area contributed by atoms with Crippen LogP contribution in [0, 0.1) is 11.7 Å². The van der Waals surface area contributed by atoms with Crippen LogP contribution in [0.1, 0.15) is 25.3 Å². The monoisotopic (exact) mass is 238 g/mol. The number of halogens is 1. The molecule has 17 heavy (non-hydrogen) atoms. The second-order valence-electron chi connectivity index (χ2n) is 4.81. The van der Waals surface area contributed by atoms with E-state index >= 15 is 0 Å². The van der Waals surface area contributed by atoms with Gasteiger partial charge in [-0.25, -0.2) is 4.39 Å². The van der Waals surface area contributed by atoms with E-state index in [1.54, 1.807) is 6.07 Å². The Hall–Kier alpha value is -0.930. The molecule has 0 amide bonds. The first-order chi connectivity index (χ1) is 8.13. The fourth-order valence-corrected chi connectivity index (χ4v) is 1.82. The van der Waals surface area contributed by atoms with Gasteiger partial charge in [-0.1, -0.05) is 25.1 Å². The largest absolute Gasteiger partial charge is 0.330 e. The van der Waals surface area contributed by atoms with Crippen molar-refractivity contribution in [3.63, 3.8) is 0 Å². The molecular formula is C14H23FN2. The second kappa shape index (κ2) is 7.41. The third-order valence-corrected chi connectivity index (χ3v) is 3.04. The predicted molar refractivity (Wildman–Crippen MR) is 70.2 cm³/mol. The molecule has 1 atom stereocenters. The van der Waals surface area contributed by atoms with Crippen LogP contribution in [-0.2, 0) is 6.54 Å². The van der Waals surface area contributed by atoms with Crippen molar-refractivity contribution in [3.8, 4) is 0 Å². The highest BCUT2D eigenvalue weighted by Gasteiger charge is 2.05. The lowest BCUT2D eigenvalue weighted by Crippen LogP contribution is -2.21. The molecule has 0 aromatic heterocycles. The highest BCUT2D eigenvalue weighted by Crippen LogP contribution is 2.10.